The molecule has 0 aliphatic carbocycles. The Bertz CT molecular complexity index is 784. The van der Waals surface area contributed by atoms with Gasteiger partial charge in [-0.2, -0.15) is 0 Å². The first-order chi connectivity index (χ1) is 12.0. The number of benzene rings is 1. The monoisotopic (exact) mass is 344 g/mol. The Hall–Kier alpha value is -2.83. The first-order valence-electron chi connectivity index (χ1n) is 8.12. The van der Waals surface area contributed by atoms with Gasteiger partial charge in [-0.05, 0) is 25.1 Å². The molecule has 0 bridgehead atoms. The molecule has 1 aromatic heterocycles. The smallest absolute Gasteiger partial charge is 0.223 e. The maximum atomic E-state index is 12.3. The third-order valence-electron chi connectivity index (χ3n) is 3.93. The molecule has 7 heteroatoms. The average Bonchev–Trinajstić information content (AvgIpc) is 3.03. The number of ether oxygens (including phenoxy) is 2. The van der Waals surface area contributed by atoms with E-state index in [2.05, 4.69) is 5.16 Å². The number of carbonyl (C=O) groups is 2. The highest BCUT2D eigenvalue weighted by molar-refractivity contribution is 5.98. The average molecular weight is 344 g/mol. The fourth-order valence-corrected chi connectivity index (χ4v) is 2.60. The summed E-state index contributed by atoms with van der Waals surface area (Å²) in [6, 6.07) is 6.87. The second kappa shape index (κ2) is 7.38. The highest BCUT2D eigenvalue weighted by Crippen LogP contribution is 2.31. The highest BCUT2D eigenvalue weighted by atomic mass is 16.6. The fourth-order valence-electron chi connectivity index (χ4n) is 2.60. The Labute approximate surface area is 145 Å². The third kappa shape index (κ3) is 4.17. The lowest BCUT2D eigenvalue weighted by Gasteiger charge is -2.18. The first-order valence-corrected chi connectivity index (χ1v) is 8.12. The van der Waals surface area contributed by atoms with E-state index in [-0.39, 0.29) is 24.5 Å². The van der Waals surface area contributed by atoms with Crippen LogP contribution in [-0.4, -0.2) is 42.0 Å². The standard InChI is InChI=1S/C18H20N2O5/c1-12-9-14(19-25-12)11-20(2)18(22)6-4-15(21)13-3-5-16-17(10-13)24-8-7-23-16/h3,5,9-10H,4,6-8,11H2,1-2H3. The Morgan fingerprint density at radius 3 is 2.60 bits per heavy atom. The number of nitrogens with zero attached hydrogens (tertiary/aromatic N) is 2. The van der Waals surface area contributed by atoms with Crippen molar-refractivity contribution in [2.24, 2.45) is 0 Å². The molecule has 7 nitrogen and oxygen atoms in total. The van der Waals surface area contributed by atoms with E-state index in [1.54, 1.807) is 38.2 Å². The Morgan fingerprint density at radius 2 is 1.88 bits per heavy atom. The zero-order valence-electron chi connectivity index (χ0n) is 14.3. The van der Waals surface area contributed by atoms with Crippen molar-refractivity contribution in [2.75, 3.05) is 20.3 Å². The number of aromatic nitrogens is 1. The number of amides is 1. The quantitative estimate of drug-likeness (QED) is 0.748. The van der Waals surface area contributed by atoms with Gasteiger partial charge in [0.1, 0.15) is 24.7 Å². The Balaban J connectivity index is 1.53. The van der Waals surface area contributed by atoms with Crippen LogP contribution >= 0.6 is 0 Å². The van der Waals surface area contributed by atoms with Crippen LogP contribution in [0, 0.1) is 6.92 Å². The third-order valence-corrected chi connectivity index (χ3v) is 3.93. The molecule has 1 amide bonds. The molecule has 25 heavy (non-hydrogen) atoms. The van der Waals surface area contributed by atoms with Gasteiger partial charge < -0.3 is 18.9 Å². The summed E-state index contributed by atoms with van der Waals surface area (Å²) in [5.74, 6) is 1.69. The van der Waals surface area contributed by atoms with Crippen LogP contribution in [0.5, 0.6) is 11.5 Å². The van der Waals surface area contributed by atoms with Crippen molar-refractivity contribution in [3.63, 3.8) is 0 Å². The number of rotatable bonds is 6. The molecule has 0 fully saturated rings. The summed E-state index contributed by atoms with van der Waals surface area (Å²) < 4.78 is 15.9. The van der Waals surface area contributed by atoms with E-state index in [0.29, 0.717) is 48.3 Å². The van der Waals surface area contributed by atoms with Gasteiger partial charge in [-0.1, -0.05) is 5.16 Å². The van der Waals surface area contributed by atoms with E-state index in [9.17, 15) is 9.59 Å². The lowest BCUT2D eigenvalue weighted by atomic mass is 10.1. The number of carbonyl (C=O) groups excluding carboxylic acids is 2. The van der Waals surface area contributed by atoms with Gasteiger partial charge in [-0.15, -0.1) is 0 Å². The number of aryl methyl sites for hydroxylation is 1. The van der Waals surface area contributed by atoms with Gasteiger partial charge in [0, 0.05) is 31.5 Å². The SMILES string of the molecule is Cc1cc(CN(C)C(=O)CCC(=O)c2ccc3c(c2)OCCO3)no1. The van der Waals surface area contributed by atoms with E-state index in [1.807, 2.05) is 0 Å². The van der Waals surface area contributed by atoms with E-state index in [1.165, 1.54) is 4.90 Å². The van der Waals surface area contributed by atoms with Crippen molar-refractivity contribution in [1.29, 1.82) is 0 Å². The summed E-state index contributed by atoms with van der Waals surface area (Å²) in [6.45, 7) is 3.13. The lowest BCUT2D eigenvalue weighted by molar-refractivity contribution is -0.130. The van der Waals surface area contributed by atoms with Crippen LogP contribution in [0.2, 0.25) is 0 Å². The molecule has 1 aromatic carbocycles. The van der Waals surface area contributed by atoms with Crippen molar-refractivity contribution >= 4 is 11.7 Å². The second-order valence-electron chi connectivity index (χ2n) is 5.96. The van der Waals surface area contributed by atoms with Crippen molar-refractivity contribution in [1.82, 2.24) is 10.1 Å². The molecule has 0 N–H and O–H groups in total. The molecule has 132 valence electrons. The highest BCUT2D eigenvalue weighted by Gasteiger charge is 2.17. The minimum atomic E-state index is -0.119. The van der Waals surface area contributed by atoms with Gasteiger partial charge in [0.25, 0.3) is 0 Å². The predicted octanol–water partition coefficient (Wildman–Crippen LogP) is 2.38. The minimum Gasteiger partial charge on any atom is -0.486 e. The summed E-state index contributed by atoms with van der Waals surface area (Å²) >= 11 is 0. The zero-order chi connectivity index (χ0) is 17.8. The van der Waals surface area contributed by atoms with Gasteiger partial charge in [0.05, 0.1) is 6.54 Å². The number of hydrogen-bond acceptors (Lipinski definition) is 6. The number of fused-ring (bicyclic) bond motifs is 1. The van der Waals surface area contributed by atoms with E-state index >= 15 is 0 Å². The maximum Gasteiger partial charge on any atom is 0.223 e. The number of ketones is 1. The van der Waals surface area contributed by atoms with Crippen molar-refractivity contribution in [3.05, 3.63) is 41.3 Å². The minimum absolute atomic E-state index is 0.101. The molecule has 2 aromatic rings. The largest absolute Gasteiger partial charge is 0.486 e. The van der Waals surface area contributed by atoms with Gasteiger partial charge in [0.15, 0.2) is 17.3 Å². The van der Waals surface area contributed by atoms with Gasteiger partial charge in [0.2, 0.25) is 5.91 Å². The molecule has 2 heterocycles. The van der Waals surface area contributed by atoms with Crippen molar-refractivity contribution in [2.45, 2.75) is 26.3 Å². The van der Waals surface area contributed by atoms with Crippen LogP contribution in [0.4, 0.5) is 0 Å². The Morgan fingerprint density at radius 1 is 1.12 bits per heavy atom. The molecule has 0 unspecified atom stereocenters. The molecule has 0 radical (unpaired) electrons. The van der Waals surface area contributed by atoms with Crippen LogP contribution in [0.25, 0.3) is 0 Å². The predicted molar refractivity (Wildman–Crippen MR) is 88.7 cm³/mol. The molecule has 1 aliphatic rings. The van der Waals surface area contributed by atoms with E-state index in [0.717, 1.165) is 0 Å². The molecule has 0 atom stereocenters. The second-order valence-corrected chi connectivity index (χ2v) is 5.96. The molecule has 0 saturated carbocycles. The fraction of sp³-hybridized carbons (Fsp3) is 0.389. The van der Waals surface area contributed by atoms with E-state index in [4.69, 9.17) is 14.0 Å². The molecule has 1 aliphatic heterocycles. The number of Topliss-reactive ketones (excluding diaryl/α,β-unsaturated/α-hetero) is 1. The topological polar surface area (TPSA) is 81.9 Å². The normalized spacial score (nSPS) is 12.7. The molecule has 0 saturated heterocycles. The van der Waals surface area contributed by atoms with E-state index < -0.39 is 0 Å². The molecular formula is C18H20N2O5. The molecule has 0 spiro atoms. The molecule has 3 rings (SSSR count). The van der Waals surface area contributed by atoms with Crippen LogP contribution in [-0.2, 0) is 11.3 Å². The van der Waals surface area contributed by atoms with Crippen LogP contribution in [0.15, 0.2) is 28.8 Å². The summed E-state index contributed by atoms with van der Waals surface area (Å²) in [6.07, 6.45) is 0.279. The van der Waals surface area contributed by atoms with Gasteiger partial charge >= 0.3 is 0 Å². The van der Waals surface area contributed by atoms with Crippen LogP contribution in [0.1, 0.15) is 34.7 Å². The van der Waals surface area contributed by atoms with Crippen LogP contribution < -0.4 is 9.47 Å². The van der Waals surface area contributed by atoms with Crippen molar-refractivity contribution in [3.8, 4) is 11.5 Å². The van der Waals surface area contributed by atoms with Gasteiger partial charge in [-0.3, -0.25) is 9.59 Å². The maximum absolute atomic E-state index is 12.3. The number of hydrogen-bond donors (Lipinski definition) is 0. The Kier molecular flexibility index (Phi) is 5.02. The summed E-state index contributed by atoms with van der Waals surface area (Å²) in [4.78, 5) is 26.1. The summed E-state index contributed by atoms with van der Waals surface area (Å²) in [7, 11) is 1.68. The van der Waals surface area contributed by atoms with Crippen molar-refractivity contribution < 1.29 is 23.6 Å². The van der Waals surface area contributed by atoms with Crippen LogP contribution in [0.3, 0.4) is 0 Å². The first kappa shape index (κ1) is 17.0. The summed E-state index contributed by atoms with van der Waals surface area (Å²) in [5, 5.41) is 3.86. The van der Waals surface area contributed by atoms with Gasteiger partial charge in [-0.25, -0.2) is 0 Å². The zero-order valence-corrected chi connectivity index (χ0v) is 14.3. The summed E-state index contributed by atoms with van der Waals surface area (Å²) in [5.41, 5.74) is 1.21. The molecular weight excluding hydrogens is 324 g/mol. The lowest BCUT2D eigenvalue weighted by Crippen LogP contribution is -2.26.